The Bertz CT molecular complexity index is 369. The average molecular weight is 240 g/mol. The molecule has 1 aliphatic rings. The lowest BCUT2D eigenvalue weighted by Crippen LogP contribution is -2.37. The van der Waals surface area contributed by atoms with E-state index in [0.29, 0.717) is 31.7 Å². The summed E-state index contributed by atoms with van der Waals surface area (Å²) in [6.07, 6.45) is 0. The van der Waals surface area contributed by atoms with Crippen LogP contribution in [0.3, 0.4) is 0 Å². The van der Waals surface area contributed by atoms with Crippen molar-refractivity contribution in [2.24, 2.45) is 0 Å². The molecule has 2 rings (SSSR count). The predicted octanol–water partition coefficient (Wildman–Crippen LogP) is -1.31. The molecule has 1 fully saturated rings. The van der Waals surface area contributed by atoms with E-state index in [4.69, 9.17) is 15.6 Å². The summed E-state index contributed by atoms with van der Waals surface area (Å²) in [4.78, 5) is 14.3. The SMILES string of the molecule is Nc1nc(NCCO)nc(N2CCOCC2)n1. The number of hydrogen-bond donors (Lipinski definition) is 3. The van der Waals surface area contributed by atoms with Gasteiger partial charge in [0.05, 0.1) is 19.8 Å². The molecule has 0 aliphatic carbocycles. The standard InChI is InChI=1S/C9H16N6O2/c10-7-12-8(11-1-4-16)14-9(13-7)15-2-5-17-6-3-15/h16H,1-6H2,(H3,10,11,12,13,14). The average Bonchev–Trinajstić information content (AvgIpc) is 2.37. The quantitative estimate of drug-likeness (QED) is 0.595. The second-order valence-electron chi connectivity index (χ2n) is 3.57. The van der Waals surface area contributed by atoms with Gasteiger partial charge in [-0.3, -0.25) is 0 Å². The van der Waals surface area contributed by atoms with Gasteiger partial charge in [-0.25, -0.2) is 0 Å². The van der Waals surface area contributed by atoms with E-state index in [-0.39, 0.29) is 12.6 Å². The number of anilines is 3. The summed E-state index contributed by atoms with van der Waals surface area (Å²) in [5.74, 6) is 1.09. The number of nitrogens with one attached hydrogen (secondary N) is 1. The fraction of sp³-hybridized carbons (Fsp3) is 0.667. The number of hydrogen-bond acceptors (Lipinski definition) is 8. The fourth-order valence-electron chi connectivity index (χ4n) is 1.53. The topological polar surface area (TPSA) is 109 Å². The Morgan fingerprint density at radius 2 is 2.06 bits per heavy atom. The van der Waals surface area contributed by atoms with Crippen molar-refractivity contribution in [2.45, 2.75) is 0 Å². The minimum absolute atomic E-state index is 0.0124. The number of aliphatic hydroxyl groups is 1. The summed E-state index contributed by atoms with van der Waals surface area (Å²) >= 11 is 0. The van der Waals surface area contributed by atoms with Gasteiger partial charge in [-0.2, -0.15) is 15.0 Å². The molecule has 0 atom stereocenters. The van der Waals surface area contributed by atoms with Crippen LogP contribution in [0.25, 0.3) is 0 Å². The molecule has 94 valence electrons. The molecule has 1 aliphatic heterocycles. The van der Waals surface area contributed by atoms with E-state index in [9.17, 15) is 0 Å². The number of nitrogen functional groups attached to an aromatic ring is 1. The van der Waals surface area contributed by atoms with Crippen molar-refractivity contribution in [2.75, 3.05) is 55.4 Å². The van der Waals surface area contributed by atoms with Crippen LogP contribution in [0.15, 0.2) is 0 Å². The van der Waals surface area contributed by atoms with Crippen molar-refractivity contribution in [3.8, 4) is 0 Å². The van der Waals surface area contributed by atoms with Crippen LogP contribution < -0.4 is 16.0 Å². The second-order valence-corrected chi connectivity index (χ2v) is 3.57. The maximum atomic E-state index is 8.72. The molecule has 1 aromatic rings. The zero-order valence-corrected chi connectivity index (χ0v) is 9.46. The molecule has 0 aromatic carbocycles. The number of aliphatic hydroxyl groups excluding tert-OH is 1. The van der Waals surface area contributed by atoms with Gasteiger partial charge in [0.1, 0.15) is 0 Å². The normalized spacial score (nSPS) is 15.9. The first-order valence-corrected chi connectivity index (χ1v) is 5.48. The van der Waals surface area contributed by atoms with Gasteiger partial charge in [-0.1, -0.05) is 0 Å². The van der Waals surface area contributed by atoms with Crippen LogP contribution in [-0.4, -0.2) is 59.5 Å². The Labute approximate surface area is 98.8 Å². The number of nitrogens with two attached hydrogens (primary N) is 1. The molecule has 0 radical (unpaired) electrons. The van der Waals surface area contributed by atoms with Crippen molar-refractivity contribution in [3.63, 3.8) is 0 Å². The maximum Gasteiger partial charge on any atom is 0.232 e. The first kappa shape index (κ1) is 11.8. The van der Waals surface area contributed by atoms with Crippen LogP contribution in [0.4, 0.5) is 17.8 Å². The molecule has 0 amide bonds. The molecular formula is C9H16N6O2. The largest absolute Gasteiger partial charge is 0.395 e. The molecule has 8 nitrogen and oxygen atoms in total. The van der Waals surface area contributed by atoms with Gasteiger partial charge in [0, 0.05) is 19.6 Å². The first-order chi connectivity index (χ1) is 8.29. The van der Waals surface area contributed by atoms with Crippen LogP contribution in [-0.2, 0) is 4.74 Å². The van der Waals surface area contributed by atoms with Crippen molar-refractivity contribution in [1.82, 2.24) is 15.0 Å². The van der Waals surface area contributed by atoms with Crippen LogP contribution >= 0.6 is 0 Å². The van der Waals surface area contributed by atoms with E-state index in [0.717, 1.165) is 13.1 Å². The smallest absolute Gasteiger partial charge is 0.232 e. The number of ether oxygens (including phenoxy) is 1. The van der Waals surface area contributed by atoms with E-state index in [1.54, 1.807) is 0 Å². The summed E-state index contributed by atoms with van der Waals surface area (Å²) in [7, 11) is 0. The molecular weight excluding hydrogens is 224 g/mol. The highest BCUT2D eigenvalue weighted by atomic mass is 16.5. The van der Waals surface area contributed by atoms with Crippen LogP contribution in [0.1, 0.15) is 0 Å². The molecule has 1 saturated heterocycles. The van der Waals surface area contributed by atoms with Gasteiger partial charge >= 0.3 is 0 Å². The van der Waals surface area contributed by atoms with E-state index >= 15 is 0 Å². The monoisotopic (exact) mass is 240 g/mol. The highest BCUT2D eigenvalue weighted by Gasteiger charge is 2.15. The third-order valence-electron chi connectivity index (χ3n) is 2.33. The van der Waals surface area contributed by atoms with Crippen molar-refractivity contribution >= 4 is 17.8 Å². The minimum atomic E-state index is 0.0124. The molecule has 4 N–H and O–H groups in total. The Morgan fingerprint density at radius 1 is 1.29 bits per heavy atom. The Hall–Kier alpha value is -1.67. The Kier molecular flexibility index (Phi) is 3.89. The van der Waals surface area contributed by atoms with Gasteiger partial charge in [0.2, 0.25) is 17.8 Å². The van der Waals surface area contributed by atoms with Crippen LogP contribution in [0, 0.1) is 0 Å². The molecule has 2 heterocycles. The Morgan fingerprint density at radius 3 is 2.76 bits per heavy atom. The fourth-order valence-corrected chi connectivity index (χ4v) is 1.53. The lowest BCUT2D eigenvalue weighted by Gasteiger charge is -2.26. The van der Waals surface area contributed by atoms with E-state index in [1.165, 1.54) is 0 Å². The number of aromatic nitrogens is 3. The van der Waals surface area contributed by atoms with Crippen molar-refractivity contribution in [3.05, 3.63) is 0 Å². The van der Waals surface area contributed by atoms with Crippen molar-refractivity contribution in [1.29, 1.82) is 0 Å². The number of morpholine rings is 1. The summed E-state index contributed by atoms with van der Waals surface area (Å²) in [5.41, 5.74) is 5.62. The van der Waals surface area contributed by atoms with Gasteiger partial charge < -0.3 is 25.8 Å². The molecule has 0 bridgehead atoms. The highest BCUT2D eigenvalue weighted by Crippen LogP contribution is 2.13. The zero-order chi connectivity index (χ0) is 12.1. The third-order valence-corrected chi connectivity index (χ3v) is 2.33. The van der Waals surface area contributed by atoms with Gasteiger partial charge in [-0.05, 0) is 0 Å². The highest BCUT2D eigenvalue weighted by molar-refractivity contribution is 5.42. The summed E-state index contributed by atoms with van der Waals surface area (Å²) in [6.45, 7) is 3.19. The van der Waals surface area contributed by atoms with E-state index < -0.39 is 0 Å². The molecule has 17 heavy (non-hydrogen) atoms. The third kappa shape index (κ3) is 3.14. The summed E-state index contributed by atoms with van der Waals surface area (Å²) in [6, 6.07) is 0. The predicted molar refractivity (Wildman–Crippen MR) is 62.8 cm³/mol. The summed E-state index contributed by atoms with van der Waals surface area (Å²) < 4.78 is 5.25. The first-order valence-electron chi connectivity index (χ1n) is 5.48. The zero-order valence-electron chi connectivity index (χ0n) is 9.46. The second kappa shape index (κ2) is 5.60. The lowest BCUT2D eigenvalue weighted by molar-refractivity contribution is 0.122. The Balaban J connectivity index is 2.12. The van der Waals surface area contributed by atoms with Gasteiger partial charge in [-0.15, -0.1) is 0 Å². The van der Waals surface area contributed by atoms with E-state index in [1.807, 2.05) is 4.90 Å². The molecule has 0 spiro atoms. The molecule has 0 unspecified atom stereocenters. The summed E-state index contributed by atoms with van der Waals surface area (Å²) in [5, 5.41) is 11.6. The molecule has 0 saturated carbocycles. The minimum Gasteiger partial charge on any atom is -0.395 e. The van der Waals surface area contributed by atoms with Crippen molar-refractivity contribution < 1.29 is 9.84 Å². The molecule has 1 aromatic heterocycles. The van der Waals surface area contributed by atoms with Gasteiger partial charge in [0.25, 0.3) is 0 Å². The number of rotatable bonds is 4. The number of nitrogens with zero attached hydrogens (tertiary/aromatic N) is 4. The van der Waals surface area contributed by atoms with Crippen LogP contribution in [0.2, 0.25) is 0 Å². The van der Waals surface area contributed by atoms with E-state index in [2.05, 4.69) is 20.3 Å². The molecule has 8 heteroatoms. The maximum absolute atomic E-state index is 8.72. The van der Waals surface area contributed by atoms with Gasteiger partial charge in [0.15, 0.2) is 0 Å². The van der Waals surface area contributed by atoms with Crippen LogP contribution in [0.5, 0.6) is 0 Å². The lowest BCUT2D eigenvalue weighted by atomic mass is 10.4.